The van der Waals surface area contributed by atoms with Crippen molar-refractivity contribution < 1.29 is 14.7 Å². The quantitative estimate of drug-likeness (QED) is 0.738. The third-order valence-electron chi connectivity index (χ3n) is 6.45. The number of nitrogens with zero attached hydrogens (tertiary/aromatic N) is 1. The second-order valence-electron chi connectivity index (χ2n) is 9.56. The van der Waals surface area contributed by atoms with Gasteiger partial charge in [-0.25, -0.2) is 0 Å². The van der Waals surface area contributed by atoms with Gasteiger partial charge in [0.05, 0.1) is 6.10 Å². The average molecular weight is 403 g/mol. The molecule has 2 N–H and O–H groups in total. The Balaban J connectivity index is 2.01. The molecule has 1 aliphatic carbocycles. The van der Waals surface area contributed by atoms with Gasteiger partial charge in [0.1, 0.15) is 6.04 Å². The highest BCUT2D eigenvalue weighted by Crippen LogP contribution is 2.33. The zero-order valence-corrected chi connectivity index (χ0v) is 18.7. The number of aliphatic hydroxyl groups is 1. The van der Waals surface area contributed by atoms with E-state index in [1.165, 1.54) is 5.57 Å². The van der Waals surface area contributed by atoms with E-state index in [2.05, 4.69) is 18.0 Å². The van der Waals surface area contributed by atoms with Gasteiger partial charge in [0, 0.05) is 31.3 Å². The van der Waals surface area contributed by atoms with Crippen LogP contribution >= 0.6 is 0 Å². The normalized spacial score (nSPS) is 28.2. The Bertz CT molecular complexity index is 687. The van der Waals surface area contributed by atoms with Gasteiger partial charge in [-0.3, -0.25) is 9.59 Å². The first-order valence-electron chi connectivity index (χ1n) is 10.8. The molecule has 0 aromatic heterocycles. The average Bonchev–Trinajstić information content (AvgIpc) is 3.06. The maximum atomic E-state index is 13.0. The summed E-state index contributed by atoms with van der Waals surface area (Å²) in [4.78, 5) is 27.4. The van der Waals surface area contributed by atoms with Crippen LogP contribution in [0.2, 0.25) is 0 Å². The Morgan fingerprint density at radius 1 is 1.38 bits per heavy atom. The van der Waals surface area contributed by atoms with E-state index in [9.17, 15) is 14.7 Å². The highest BCUT2D eigenvalue weighted by Gasteiger charge is 2.42. The largest absolute Gasteiger partial charge is 0.391 e. The molecule has 4 unspecified atom stereocenters. The van der Waals surface area contributed by atoms with Crippen LogP contribution in [-0.2, 0) is 9.59 Å². The zero-order chi connectivity index (χ0) is 21.8. The van der Waals surface area contributed by atoms with Crippen LogP contribution in [0, 0.1) is 17.3 Å². The maximum absolute atomic E-state index is 13.0. The summed E-state index contributed by atoms with van der Waals surface area (Å²) in [5.41, 5.74) is 2.15. The van der Waals surface area contributed by atoms with Crippen molar-refractivity contribution in [3.05, 3.63) is 36.0 Å². The summed E-state index contributed by atoms with van der Waals surface area (Å²) in [5.74, 6) is -0.241. The maximum Gasteiger partial charge on any atom is 0.242 e. The standard InChI is InChI=1S/C24H38N2O3/c1-7-8-10-18-11-9-12-19(16(18)2)14-25-22(28)21-13-20(27)15-26(21)23(29)17(3)24(4,5)6/h7-8,10,17,19-21,27H,2,9,11-15H2,1,3-6H3,(H,25,28)/b8-7-,18-10-. The molecule has 2 aliphatic rings. The first kappa shape index (κ1) is 23.4. The molecule has 0 radical (unpaired) electrons. The number of carbonyl (C=O) groups excluding carboxylic acids is 2. The second-order valence-corrected chi connectivity index (χ2v) is 9.56. The molecule has 2 fully saturated rings. The molecular weight excluding hydrogens is 364 g/mol. The van der Waals surface area contributed by atoms with Crippen LogP contribution in [0.5, 0.6) is 0 Å². The molecule has 162 valence electrons. The lowest BCUT2D eigenvalue weighted by Crippen LogP contribution is -2.50. The number of amides is 2. The fourth-order valence-corrected chi connectivity index (χ4v) is 4.03. The van der Waals surface area contributed by atoms with Gasteiger partial charge in [-0.1, -0.05) is 52.5 Å². The monoisotopic (exact) mass is 402 g/mol. The van der Waals surface area contributed by atoms with Crippen LogP contribution in [0.15, 0.2) is 36.0 Å². The Hall–Kier alpha value is -1.88. The Labute approximate surface area is 175 Å². The van der Waals surface area contributed by atoms with E-state index < -0.39 is 12.1 Å². The van der Waals surface area contributed by atoms with E-state index in [1.807, 2.05) is 46.8 Å². The number of hydrogen-bond acceptors (Lipinski definition) is 3. The smallest absolute Gasteiger partial charge is 0.242 e. The molecule has 5 heteroatoms. The van der Waals surface area contributed by atoms with Crippen LogP contribution in [0.25, 0.3) is 0 Å². The third kappa shape index (κ3) is 5.81. The summed E-state index contributed by atoms with van der Waals surface area (Å²) in [5, 5.41) is 13.2. The van der Waals surface area contributed by atoms with Gasteiger partial charge >= 0.3 is 0 Å². The number of β-amino-alcohol motifs (C(OH)–C–C–N with tert-alkyl or cyclic N) is 1. The molecule has 1 heterocycles. The molecule has 0 aromatic rings. The van der Waals surface area contributed by atoms with Crippen molar-refractivity contribution in [2.75, 3.05) is 13.1 Å². The molecule has 1 saturated carbocycles. The Morgan fingerprint density at radius 2 is 2.07 bits per heavy atom. The number of aliphatic hydroxyl groups excluding tert-OH is 1. The van der Waals surface area contributed by atoms with Gasteiger partial charge in [-0.15, -0.1) is 0 Å². The number of nitrogens with one attached hydrogen (secondary N) is 1. The molecule has 1 saturated heterocycles. The van der Waals surface area contributed by atoms with Crippen molar-refractivity contribution in [3.63, 3.8) is 0 Å². The van der Waals surface area contributed by atoms with E-state index in [4.69, 9.17) is 0 Å². The Kier molecular flexibility index (Phi) is 7.87. The van der Waals surface area contributed by atoms with E-state index >= 15 is 0 Å². The first-order chi connectivity index (χ1) is 13.6. The summed E-state index contributed by atoms with van der Waals surface area (Å²) < 4.78 is 0. The molecule has 0 spiro atoms. The van der Waals surface area contributed by atoms with Crippen molar-refractivity contribution in [3.8, 4) is 0 Å². The van der Waals surface area contributed by atoms with Gasteiger partial charge in [-0.05, 0) is 42.7 Å². The first-order valence-corrected chi connectivity index (χ1v) is 10.8. The van der Waals surface area contributed by atoms with Gasteiger partial charge in [0.25, 0.3) is 0 Å². The predicted molar refractivity (Wildman–Crippen MR) is 117 cm³/mol. The van der Waals surface area contributed by atoms with Crippen LogP contribution < -0.4 is 5.32 Å². The van der Waals surface area contributed by atoms with Crippen LogP contribution in [-0.4, -0.2) is 47.1 Å². The topological polar surface area (TPSA) is 69.6 Å². The predicted octanol–water partition coefficient (Wildman–Crippen LogP) is 3.61. The molecule has 4 atom stereocenters. The van der Waals surface area contributed by atoms with Crippen molar-refractivity contribution in [1.29, 1.82) is 0 Å². The highest BCUT2D eigenvalue weighted by molar-refractivity contribution is 5.89. The van der Waals surface area contributed by atoms with Gasteiger partial charge in [0.2, 0.25) is 11.8 Å². The van der Waals surface area contributed by atoms with E-state index in [-0.39, 0.29) is 35.6 Å². The fraction of sp³-hybridized carbons (Fsp3) is 0.667. The lowest BCUT2D eigenvalue weighted by molar-refractivity contribution is -0.144. The van der Waals surface area contributed by atoms with Crippen molar-refractivity contribution in [1.82, 2.24) is 10.2 Å². The molecule has 0 bridgehead atoms. The minimum atomic E-state index is -0.651. The lowest BCUT2D eigenvalue weighted by Gasteiger charge is -2.33. The van der Waals surface area contributed by atoms with Crippen molar-refractivity contribution >= 4 is 11.8 Å². The summed E-state index contributed by atoms with van der Waals surface area (Å²) >= 11 is 0. The van der Waals surface area contributed by atoms with Crippen molar-refractivity contribution in [2.24, 2.45) is 17.3 Å². The molecule has 1 aliphatic heterocycles. The van der Waals surface area contributed by atoms with Crippen molar-refractivity contribution in [2.45, 2.75) is 72.4 Å². The number of rotatable bonds is 5. The summed E-state index contributed by atoms with van der Waals surface area (Å²) in [6.45, 7) is 14.9. The number of hydrogen-bond donors (Lipinski definition) is 2. The second kappa shape index (κ2) is 9.75. The zero-order valence-electron chi connectivity index (χ0n) is 18.7. The number of allylic oxidation sites excluding steroid dienone is 4. The van der Waals surface area contributed by atoms with E-state index in [0.29, 0.717) is 13.0 Å². The highest BCUT2D eigenvalue weighted by atomic mass is 16.3. The number of carbonyl (C=O) groups is 2. The molecule has 29 heavy (non-hydrogen) atoms. The van der Waals surface area contributed by atoms with Crippen LogP contribution in [0.1, 0.15) is 60.3 Å². The fourth-order valence-electron chi connectivity index (χ4n) is 4.03. The minimum Gasteiger partial charge on any atom is -0.391 e. The van der Waals surface area contributed by atoms with E-state index in [1.54, 1.807) is 4.90 Å². The molecule has 0 aromatic carbocycles. The molecule has 5 nitrogen and oxygen atoms in total. The molecule has 2 amide bonds. The van der Waals surface area contributed by atoms with Crippen LogP contribution in [0.3, 0.4) is 0 Å². The summed E-state index contributed by atoms with van der Waals surface area (Å²) in [6, 6.07) is -0.600. The SMILES string of the molecule is C=C1/C(=C\C=C/C)CCCC1CNC(=O)C1CC(O)CN1C(=O)C(C)C(C)(C)C. The van der Waals surface area contributed by atoms with Gasteiger partial charge in [-0.2, -0.15) is 0 Å². The molecule has 2 rings (SSSR count). The van der Waals surface area contributed by atoms with Gasteiger partial charge < -0.3 is 15.3 Å². The lowest BCUT2D eigenvalue weighted by atomic mass is 9.81. The van der Waals surface area contributed by atoms with Gasteiger partial charge in [0.15, 0.2) is 0 Å². The third-order valence-corrected chi connectivity index (χ3v) is 6.45. The number of likely N-dealkylation sites (tertiary alicyclic amines) is 1. The Morgan fingerprint density at radius 3 is 2.69 bits per heavy atom. The van der Waals surface area contributed by atoms with Crippen LogP contribution in [0.4, 0.5) is 0 Å². The summed E-state index contributed by atoms with van der Waals surface area (Å²) in [6.07, 6.45) is 8.90. The van der Waals surface area contributed by atoms with E-state index in [0.717, 1.165) is 24.8 Å². The minimum absolute atomic E-state index is 0.0622. The molecular formula is C24H38N2O3. The summed E-state index contributed by atoms with van der Waals surface area (Å²) in [7, 11) is 0.